The van der Waals surface area contributed by atoms with E-state index >= 15 is 0 Å². The summed E-state index contributed by atoms with van der Waals surface area (Å²) in [6, 6.07) is 13.5. The molecule has 1 amide bonds. The standard InChI is InChI=1S/C20H23BrN4O/c21-16-10-8-15(9-11-16)19(26)23-12-13-24-20(22)25-18-7-3-5-14-4-1-2-6-17(14)18/h3,5,7-11H,1-2,4,6,12-13H2,(H,23,26)(H3,22,24,25). The van der Waals surface area contributed by atoms with Gasteiger partial charge in [0.1, 0.15) is 0 Å². The van der Waals surface area contributed by atoms with Crippen molar-refractivity contribution < 1.29 is 4.79 Å². The second kappa shape index (κ2) is 8.85. The van der Waals surface area contributed by atoms with E-state index in [1.54, 1.807) is 12.1 Å². The molecule has 0 heterocycles. The summed E-state index contributed by atoms with van der Waals surface area (Å²) >= 11 is 3.35. The number of benzene rings is 2. The van der Waals surface area contributed by atoms with Crippen LogP contribution in [-0.2, 0) is 12.8 Å². The molecule has 4 N–H and O–H groups in total. The van der Waals surface area contributed by atoms with Crippen LogP contribution >= 0.6 is 15.9 Å². The summed E-state index contributed by atoms with van der Waals surface area (Å²) in [4.78, 5) is 16.3. The minimum absolute atomic E-state index is 0.114. The maximum atomic E-state index is 12.0. The predicted molar refractivity (Wildman–Crippen MR) is 110 cm³/mol. The summed E-state index contributed by atoms with van der Waals surface area (Å²) in [5.41, 5.74) is 10.4. The molecule has 0 spiro atoms. The van der Waals surface area contributed by atoms with Crippen LogP contribution in [0.5, 0.6) is 0 Å². The van der Waals surface area contributed by atoms with Crippen molar-refractivity contribution in [2.75, 3.05) is 18.4 Å². The van der Waals surface area contributed by atoms with E-state index in [4.69, 9.17) is 5.73 Å². The van der Waals surface area contributed by atoms with Crippen LogP contribution in [0.2, 0.25) is 0 Å². The molecule has 5 nitrogen and oxygen atoms in total. The van der Waals surface area contributed by atoms with Crippen LogP contribution in [0.4, 0.5) is 5.69 Å². The van der Waals surface area contributed by atoms with Gasteiger partial charge < -0.3 is 16.4 Å². The highest BCUT2D eigenvalue weighted by molar-refractivity contribution is 9.10. The number of carbonyl (C=O) groups is 1. The number of anilines is 1. The van der Waals surface area contributed by atoms with Crippen molar-refractivity contribution in [2.24, 2.45) is 10.7 Å². The second-order valence-electron chi connectivity index (χ2n) is 6.31. The normalized spacial score (nSPS) is 13.8. The molecule has 0 radical (unpaired) electrons. The summed E-state index contributed by atoms with van der Waals surface area (Å²) < 4.78 is 0.945. The molecule has 0 fully saturated rings. The molecule has 1 aliphatic carbocycles. The number of carbonyl (C=O) groups excluding carboxylic acids is 1. The molecule has 0 saturated carbocycles. The van der Waals surface area contributed by atoms with Crippen molar-refractivity contribution in [1.29, 1.82) is 0 Å². The number of aryl methyl sites for hydroxylation is 1. The third kappa shape index (κ3) is 4.85. The van der Waals surface area contributed by atoms with E-state index < -0.39 is 0 Å². The van der Waals surface area contributed by atoms with E-state index in [-0.39, 0.29) is 5.91 Å². The van der Waals surface area contributed by atoms with Crippen molar-refractivity contribution >= 4 is 33.5 Å². The number of rotatable bonds is 5. The molecular formula is C20H23BrN4O. The van der Waals surface area contributed by atoms with Crippen molar-refractivity contribution in [1.82, 2.24) is 5.32 Å². The van der Waals surface area contributed by atoms with E-state index in [9.17, 15) is 4.79 Å². The fourth-order valence-corrected chi connectivity index (χ4v) is 3.39. The summed E-state index contributed by atoms with van der Waals surface area (Å²) in [6.45, 7) is 0.861. The van der Waals surface area contributed by atoms with Crippen LogP contribution in [0.3, 0.4) is 0 Å². The minimum Gasteiger partial charge on any atom is -0.370 e. The quantitative estimate of drug-likeness (QED) is 0.398. The molecule has 0 atom stereocenters. The Hall–Kier alpha value is -2.34. The Labute approximate surface area is 162 Å². The molecule has 136 valence electrons. The van der Waals surface area contributed by atoms with Crippen molar-refractivity contribution in [3.05, 3.63) is 63.6 Å². The van der Waals surface area contributed by atoms with Gasteiger partial charge in [0.25, 0.3) is 5.91 Å². The van der Waals surface area contributed by atoms with Gasteiger partial charge in [0.05, 0.1) is 6.54 Å². The highest BCUT2D eigenvalue weighted by atomic mass is 79.9. The molecule has 2 aromatic carbocycles. The Bertz CT molecular complexity index is 802. The van der Waals surface area contributed by atoms with Crippen LogP contribution in [0.1, 0.15) is 34.3 Å². The third-order valence-electron chi connectivity index (χ3n) is 4.44. The van der Waals surface area contributed by atoms with Gasteiger partial charge in [-0.3, -0.25) is 9.79 Å². The number of aliphatic imine (C=N–C) groups is 1. The lowest BCUT2D eigenvalue weighted by molar-refractivity contribution is 0.0955. The summed E-state index contributed by atoms with van der Waals surface area (Å²) in [5, 5.41) is 6.05. The smallest absolute Gasteiger partial charge is 0.251 e. The highest BCUT2D eigenvalue weighted by Gasteiger charge is 2.13. The number of fused-ring (bicyclic) bond motifs is 1. The molecule has 0 bridgehead atoms. The van der Waals surface area contributed by atoms with E-state index in [2.05, 4.69) is 43.7 Å². The van der Waals surface area contributed by atoms with E-state index in [0.29, 0.717) is 24.6 Å². The molecule has 6 heteroatoms. The Morgan fingerprint density at radius 3 is 2.69 bits per heavy atom. The average molecular weight is 415 g/mol. The van der Waals surface area contributed by atoms with Crippen molar-refractivity contribution in [3.63, 3.8) is 0 Å². The molecule has 0 aromatic heterocycles. The summed E-state index contributed by atoms with van der Waals surface area (Å²) in [7, 11) is 0. The third-order valence-corrected chi connectivity index (χ3v) is 4.97. The first kappa shape index (κ1) is 18.5. The largest absolute Gasteiger partial charge is 0.370 e. The van der Waals surface area contributed by atoms with Crippen molar-refractivity contribution in [2.45, 2.75) is 25.7 Å². The predicted octanol–water partition coefficient (Wildman–Crippen LogP) is 3.48. The lowest BCUT2D eigenvalue weighted by atomic mass is 9.90. The van der Waals surface area contributed by atoms with Crippen molar-refractivity contribution in [3.8, 4) is 0 Å². The SMILES string of the molecule is NC(=NCCNC(=O)c1ccc(Br)cc1)Nc1cccc2c1CCCC2. The van der Waals surface area contributed by atoms with E-state index in [0.717, 1.165) is 23.0 Å². The first-order chi connectivity index (χ1) is 12.6. The zero-order chi connectivity index (χ0) is 18.4. The number of nitrogens with one attached hydrogen (secondary N) is 2. The topological polar surface area (TPSA) is 79.5 Å². The Morgan fingerprint density at radius 1 is 1.12 bits per heavy atom. The van der Waals surface area contributed by atoms with Crippen LogP contribution < -0.4 is 16.4 Å². The Morgan fingerprint density at radius 2 is 1.88 bits per heavy atom. The lowest BCUT2D eigenvalue weighted by Crippen LogP contribution is -2.28. The fraction of sp³-hybridized carbons (Fsp3) is 0.300. The van der Waals surface area contributed by atoms with Gasteiger partial charge >= 0.3 is 0 Å². The first-order valence-corrected chi connectivity index (χ1v) is 9.64. The molecule has 2 aromatic rings. The second-order valence-corrected chi connectivity index (χ2v) is 7.22. The maximum absolute atomic E-state index is 12.0. The molecule has 1 aliphatic rings. The highest BCUT2D eigenvalue weighted by Crippen LogP contribution is 2.27. The molecule has 3 rings (SSSR count). The molecule has 26 heavy (non-hydrogen) atoms. The number of hydrogen-bond donors (Lipinski definition) is 3. The Balaban J connectivity index is 1.50. The molecule has 0 aliphatic heterocycles. The van der Waals surface area contributed by atoms with Crippen LogP contribution in [-0.4, -0.2) is 25.0 Å². The van der Waals surface area contributed by atoms with Gasteiger partial charge in [-0.25, -0.2) is 0 Å². The number of guanidine groups is 1. The fourth-order valence-electron chi connectivity index (χ4n) is 3.13. The van der Waals surface area contributed by atoms with E-state index in [1.807, 2.05) is 18.2 Å². The zero-order valence-corrected chi connectivity index (χ0v) is 16.2. The summed E-state index contributed by atoms with van der Waals surface area (Å²) in [5.74, 6) is 0.262. The molecule has 0 saturated heterocycles. The Kier molecular flexibility index (Phi) is 6.28. The number of halogens is 1. The lowest BCUT2D eigenvalue weighted by Gasteiger charge is -2.19. The average Bonchev–Trinajstić information content (AvgIpc) is 2.66. The van der Waals surface area contributed by atoms with Gasteiger partial charge in [0, 0.05) is 22.3 Å². The molecular weight excluding hydrogens is 392 g/mol. The van der Waals surface area contributed by atoms with Crippen LogP contribution in [0.15, 0.2) is 51.9 Å². The first-order valence-electron chi connectivity index (χ1n) is 8.85. The number of amides is 1. The summed E-state index contributed by atoms with van der Waals surface area (Å²) in [6.07, 6.45) is 4.67. The van der Waals surface area contributed by atoms with Gasteiger partial charge in [-0.2, -0.15) is 0 Å². The number of nitrogens with two attached hydrogens (primary N) is 1. The van der Waals surface area contributed by atoms with Gasteiger partial charge in [-0.1, -0.05) is 28.1 Å². The molecule has 0 unspecified atom stereocenters. The minimum atomic E-state index is -0.114. The van der Waals surface area contributed by atoms with Crippen LogP contribution in [0, 0.1) is 0 Å². The number of nitrogens with zero attached hydrogens (tertiary/aromatic N) is 1. The van der Waals surface area contributed by atoms with Gasteiger partial charge in [0.2, 0.25) is 0 Å². The van der Waals surface area contributed by atoms with Crippen LogP contribution in [0.25, 0.3) is 0 Å². The van der Waals surface area contributed by atoms with Gasteiger partial charge in [0.15, 0.2) is 5.96 Å². The van der Waals surface area contributed by atoms with E-state index in [1.165, 1.54) is 24.0 Å². The maximum Gasteiger partial charge on any atom is 0.251 e. The number of hydrogen-bond acceptors (Lipinski definition) is 2. The van der Waals surface area contributed by atoms with Gasteiger partial charge in [-0.15, -0.1) is 0 Å². The zero-order valence-electron chi connectivity index (χ0n) is 14.6. The monoisotopic (exact) mass is 414 g/mol. The van der Waals surface area contributed by atoms with Gasteiger partial charge in [-0.05, 0) is 67.1 Å².